The minimum atomic E-state index is -0.397. The molecule has 0 bridgehead atoms. The molecule has 2 heterocycles. The van der Waals surface area contributed by atoms with E-state index in [9.17, 15) is 14.0 Å². The van der Waals surface area contributed by atoms with Crippen molar-refractivity contribution in [2.24, 2.45) is 0 Å². The van der Waals surface area contributed by atoms with E-state index in [-0.39, 0.29) is 29.5 Å². The number of halogens is 1. The van der Waals surface area contributed by atoms with Gasteiger partial charge in [-0.1, -0.05) is 49.0 Å². The molecule has 3 aromatic rings. The zero-order valence-corrected chi connectivity index (χ0v) is 17.8. The second kappa shape index (κ2) is 9.34. The van der Waals surface area contributed by atoms with E-state index < -0.39 is 5.92 Å². The lowest BCUT2D eigenvalue weighted by Crippen LogP contribution is -2.31. The molecule has 0 saturated carbocycles. The molecular formula is C23H22FN3O3S. The van der Waals surface area contributed by atoms with Crippen molar-refractivity contribution in [3.05, 3.63) is 81.4 Å². The van der Waals surface area contributed by atoms with Gasteiger partial charge in [0.1, 0.15) is 17.4 Å². The molecule has 1 aromatic heterocycles. The number of H-pyrrole nitrogens is 1. The predicted molar refractivity (Wildman–Crippen MR) is 118 cm³/mol. The van der Waals surface area contributed by atoms with E-state index >= 15 is 0 Å². The number of aromatic nitrogens is 2. The fraction of sp³-hybridized carbons (Fsp3) is 0.261. The summed E-state index contributed by atoms with van der Waals surface area (Å²) in [5.41, 5.74) is 1.48. The van der Waals surface area contributed by atoms with Crippen molar-refractivity contribution in [3.8, 4) is 5.75 Å². The van der Waals surface area contributed by atoms with E-state index in [0.29, 0.717) is 28.6 Å². The highest BCUT2D eigenvalue weighted by molar-refractivity contribution is 7.98. The highest BCUT2D eigenvalue weighted by Crippen LogP contribution is 2.35. The summed E-state index contributed by atoms with van der Waals surface area (Å²) in [5, 5.41) is 3.04. The smallest absolute Gasteiger partial charge is 0.257 e. The van der Waals surface area contributed by atoms with Crippen LogP contribution >= 0.6 is 11.8 Å². The third-order valence-corrected chi connectivity index (χ3v) is 5.93. The van der Waals surface area contributed by atoms with Crippen LogP contribution in [0.2, 0.25) is 0 Å². The Bertz CT molecular complexity index is 1150. The summed E-state index contributed by atoms with van der Waals surface area (Å²) in [6.45, 7) is 2.67. The van der Waals surface area contributed by atoms with Crippen LogP contribution in [0.25, 0.3) is 0 Å². The lowest BCUT2D eigenvalue weighted by molar-refractivity contribution is -0.116. The zero-order valence-electron chi connectivity index (χ0n) is 17.0. The number of hydrogen-bond donors (Lipinski definition) is 2. The number of carbonyl (C=O) groups excluding carboxylic acids is 1. The molecule has 8 heteroatoms. The third kappa shape index (κ3) is 4.80. The molecule has 2 aromatic carbocycles. The molecule has 31 heavy (non-hydrogen) atoms. The number of rotatable bonds is 7. The van der Waals surface area contributed by atoms with E-state index in [1.54, 1.807) is 18.2 Å². The number of nitrogens with zero attached hydrogens (tertiary/aromatic N) is 1. The number of anilines is 1. The molecule has 0 radical (unpaired) electrons. The normalized spacial score (nSPS) is 15.3. The zero-order chi connectivity index (χ0) is 21.8. The van der Waals surface area contributed by atoms with Crippen molar-refractivity contribution in [2.45, 2.75) is 36.6 Å². The van der Waals surface area contributed by atoms with Crippen LogP contribution in [0.5, 0.6) is 5.75 Å². The predicted octanol–water partition coefficient (Wildman–Crippen LogP) is 4.46. The Kier molecular flexibility index (Phi) is 6.36. The minimum absolute atomic E-state index is 0.161. The van der Waals surface area contributed by atoms with E-state index in [4.69, 9.17) is 4.74 Å². The number of aromatic amines is 1. The van der Waals surface area contributed by atoms with Gasteiger partial charge in [0.25, 0.3) is 5.56 Å². The molecular weight excluding hydrogens is 417 g/mol. The van der Waals surface area contributed by atoms with Gasteiger partial charge in [0.05, 0.1) is 12.2 Å². The Morgan fingerprint density at radius 2 is 1.94 bits per heavy atom. The highest BCUT2D eigenvalue weighted by atomic mass is 32.2. The van der Waals surface area contributed by atoms with Gasteiger partial charge in [0.15, 0.2) is 5.16 Å². The summed E-state index contributed by atoms with van der Waals surface area (Å²) in [5.74, 6) is 0.406. The average Bonchev–Trinajstić information content (AvgIpc) is 2.76. The number of benzene rings is 2. The summed E-state index contributed by atoms with van der Waals surface area (Å²) in [4.78, 5) is 32.4. The van der Waals surface area contributed by atoms with Gasteiger partial charge in [0, 0.05) is 18.1 Å². The molecule has 1 atom stereocenters. The number of ether oxygens (including phenoxy) is 1. The first-order chi connectivity index (χ1) is 15.0. The van der Waals surface area contributed by atoms with Crippen LogP contribution in [0.15, 0.2) is 58.5 Å². The molecule has 1 unspecified atom stereocenters. The van der Waals surface area contributed by atoms with Gasteiger partial charge < -0.3 is 15.0 Å². The molecule has 0 aliphatic carbocycles. The van der Waals surface area contributed by atoms with Crippen molar-refractivity contribution in [2.75, 3.05) is 11.9 Å². The second-order valence-corrected chi connectivity index (χ2v) is 8.20. The van der Waals surface area contributed by atoms with E-state index in [1.807, 2.05) is 31.2 Å². The summed E-state index contributed by atoms with van der Waals surface area (Å²) in [7, 11) is 0. The van der Waals surface area contributed by atoms with Gasteiger partial charge in [0.2, 0.25) is 5.91 Å². The maximum atomic E-state index is 13.9. The van der Waals surface area contributed by atoms with Crippen LogP contribution in [0.3, 0.4) is 0 Å². The molecule has 0 fully saturated rings. The van der Waals surface area contributed by atoms with Crippen molar-refractivity contribution in [1.29, 1.82) is 0 Å². The maximum absolute atomic E-state index is 13.9. The van der Waals surface area contributed by atoms with Crippen LogP contribution in [0.1, 0.15) is 42.4 Å². The lowest BCUT2D eigenvalue weighted by Gasteiger charge is -2.24. The quantitative estimate of drug-likeness (QED) is 0.419. The number of nitrogens with one attached hydrogen (secondary N) is 2. The first-order valence-corrected chi connectivity index (χ1v) is 11.1. The van der Waals surface area contributed by atoms with Crippen LogP contribution < -0.4 is 15.6 Å². The standard InChI is InChI=1S/C23H22FN3O3S/c1-2-11-30-16-9-7-14(8-10-16)17-12-19(28)25-21-20(17)22(29)27-23(26-21)31-13-15-5-3-4-6-18(15)24/h3-10,17H,2,11-13H2,1H3,(H2,25,26,27,28,29). The van der Waals surface area contributed by atoms with Crippen molar-refractivity contribution in [3.63, 3.8) is 0 Å². The van der Waals surface area contributed by atoms with Gasteiger partial charge in [-0.05, 0) is 35.7 Å². The molecule has 1 amide bonds. The Balaban J connectivity index is 1.59. The molecule has 160 valence electrons. The first kappa shape index (κ1) is 21.1. The van der Waals surface area contributed by atoms with Crippen LogP contribution in [0, 0.1) is 5.82 Å². The Hall–Kier alpha value is -3.13. The van der Waals surface area contributed by atoms with Gasteiger partial charge >= 0.3 is 0 Å². The Morgan fingerprint density at radius 1 is 1.16 bits per heavy atom. The largest absolute Gasteiger partial charge is 0.494 e. The minimum Gasteiger partial charge on any atom is -0.494 e. The molecule has 1 aliphatic rings. The number of fused-ring (bicyclic) bond motifs is 1. The van der Waals surface area contributed by atoms with E-state index in [2.05, 4.69) is 15.3 Å². The van der Waals surface area contributed by atoms with Crippen LogP contribution in [-0.4, -0.2) is 22.5 Å². The van der Waals surface area contributed by atoms with E-state index in [1.165, 1.54) is 17.8 Å². The molecule has 6 nitrogen and oxygen atoms in total. The maximum Gasteiger partial charge on any atom is 0.257 e. The fourth-order valence-corrected chi connectivity index (χ4v) is 4.33. The van der Waals surface area contributed by atoms with Gasteiger partial charge in [-0.15, -0.1) is 0 Å². The first-order valence-electron chi connectivity index (χ1n) is 10.1. The summed E-state index contributed by atoms with van der Waals surface area (Å²) >= 11 is 1.21. The molecule has 0 saturated heterocycles. The average molecular weight is 440 g/mol. The van der Waals surface area contributed by atoms with Crippen molar-refractivity contribution >= 4 is 23.5 Å². The van der Waals surface area contributed by atoms with Gasteiger partial charge in [-0.3, -0.25) is 9.59 Å². The topological polar surface area (TPSA) is 84.1 Å². The highest BCUT2D eigenvalue weighted by Gasteiger charge is 2.31. The molecule has 4 rings (SSSR count). The van der Waals surface area contributed by atoms with Crippen LogP contribution in [0.4, 0.5) is 10.2 Å². The van der Waals surface area contributed by atoms with Crippen molar-refractivity contribution in [1.82, 2.24) is 9.97 Å². The molecule has 0 spiro atoms. The monoisotopic (exact) mass is 439 g/mol. The lowest BCUT2D eigenvalue weighted by atomic mass is 9.87. The third-order valence-electron chi connectivity index (χ3n) is 5.01. The Labute approximate surface area is 183 Å². The molecule has 2 N–H and O–H groups in total. The van der Waals surface area contributed by atoms with Gasteiger partial charge in [-0.25, -0.2) is 9.37 Å². The number of amides is 1. The summed E-state index contributed by atoms with van der Waals surface area (Å²) in [6, 6.07) is 13.9. The van der Waals surface area contributed by atoms with E-state index in [0.717, 1.165) is 17.7 Å². The Morgan fingerprint density at radius 3 is 2.68 bits per heavy atom. The number of carbonyl (C=O) groups is 1. The summed E-state index contributed by atoms with van der Waals surface area (Å²) < 4.78 is 19.5. The SMILES string of the molecule is CCCOc1ccc(C2CC(=O)Nc3nc(SCc4ccccc4F)[nH]c(=O)c32)cc1. The van der Waals surface area contributed by atoms with Crippen LogP contribution in [-0.2, 0) is 10.5 Å². The second-order valence-electron chi connectivity index (χ2n) is 7.24. The van der Waals surface area contributed by atoms with Gasteiger partial charge in [-0.2, -0.15) is 0 Å². The number of thioether (sulfide) groups is 1. The fourth-order valence-electron chi connectivity index (χ4n) is 3.48. The molecule has 1 aliphatic heterocycles. The number of hydrogen-bond acceptors (Lipinski definition) is 5. The summed E-state index contributed by atoms with van der Waals surface area (Å²) in [6.07, 6.45) is 1.07. The van der Waals surface area contributed by atoms with Crippen molar-refractivity contribution < 1.29 is 13.9 Å².